The molecule has 39 heavy (non-hydrogen) atoms. The number of nitrogens with zero attached hydrogens (tertiary/aromatic N) is 6. The van der Waals surface area contributed by atoms with E-state index in [1.54, 1.807) is 34.1 Å². The van der Waals surface area contributed by atoms with Crippen LogP contribution in [-0.4, -0.2) is 93.6 Å². The second kappa shape index (κ2) is 11.8. The highest BCUT2D eigenvalue weighted by Crippen LogP contribution is 2.22. The van der Waals surface area contributed by atoms with Gasteiger partial charge in [0.1, 0.15) is 5.82 Å². The number of benzene rings is 1. The van der Waals surface area contributed by atoms with Crippen molar-refractivity contribution in [1.29, 1.82) is 0 Å². The summed E-state index contributed by atoms with van der Waals surface area (Å²) in [6, 6.07) is 9.96. The molecule has 204 valence electrons. The van der Waals surface area contributed by atoms with Crippen LogP contribution in [0.25, 0.3) is 17.2 Å². The number of carbonyl (C=O) groups is 2. The summed E-state index contributed by atoms with van der Waals surface area (Å²) in [6.07, 6.45) is 9.34. The molecule has 0 bridgehead atoms. The lowest BCUT2D eigenvalue weighted by molar-refractivity contribution is -0.125. The number of likely N-dealkylation sites (N-methyl/N-ethyl adjacent to an activating group) is 1. The number of aromatic nitrogens is 3. The first-order valence-corrected chi connectivity index (χ1v) is 13.4. The summed E-state index contributed by atoms with van der Waals surface area (Å²) in [5.74, 6) is -0.186. The van der Waals surface area contributed by atoms with Gasteiger partial charge in [-0.2, -0.15) is 5.10 Å². The van der Waals surface area contributed by atoms with Gasteiger partial charge in [-0.3, -0.25) is 19.2 Å². The number of carbonyl (C=O) groups excluding carboxylic acids is 2. The Morgan fingerprint density at radius 3 is 2.54 bits per heavy atom. The van der Waals surface area contributed by atoms with E-state index in [0.29, 0.717) is 25.1 Å². The number of piperazine rings is 1. The molecule has 2 fully saturated rings. The van der Waals surface area contributed by atoms with E-state index in [2.05, 4.69) is 56.5 Å². The monoisotopic (exact) mass is 528 g/mol. The third-order valence-corrected chi connectivity index (χ3v) is 7.44. The summed E-state index contributed by atoms with van der Waals surface area (Å²) in [5.41, 5.74) is 10.2. The molecule has 0 radical (unpaired) electrons. The molecule has 10 heteroatoms. The van der Waals surface area contributed by atoms with Crippen molar-refractivity contribution in [2.75, 3.05) is 52.0 Å². The van der Waals surface area contributed by atoms with Gasteiger partial charge in [0.2, 0.25) is 5.91 Å². The van der Waals surface area contributed by atoms with Crippen LogP contribution in [0.5, 0.6) is 0 Å². The molecule has 2 aliphatic heterocycles. The third kappa shape index (κ3) is 6.71. The standard InChI is InChI=1S/C29H36N8O2/c1-34-11-13-36(14-12-34)18-22-5-3-21(4-6-22)7-8-27(38)37-10-9-25(20-37)33-29(39)26-15-23(16-31-28(26)30)24-17-32-35(2)19-24/h3-8,15-17,19,25H,9-14,18,20H2,1-2H3,(H2,30,31)(H,33,39)/b8-7+/t25-/m1/s1. The van der Waals surface area contributed by atoms with Crippen LogP contribution in [-0.2, 0) is 18.4 Å². The zero-order valence-electron chi connectivity index (χ0n) is 22.6. The summed E-state index contributed by atoms with van der Waals surface area (Å²) in [5, 5.41) is 7.19. The molecule has 2 aromatic heterocycles. The molecule has 3 N–H and O–H groups in total. The van der Waals surface area contributed by atoms with Crippen LogP contribution in [0.4, 0.5) is 5.82 Å². The van der Waals surface area contributed by atoms with Gasteiger partial charge >= 0.3 is 0 Å². The molecule has 1 atom stereocenters. The topological polar surface area (TPSA) is 113 Å². The number of rotatable bonds is 7. The molecular weight excluding hydrogens is 492 g/mol. The Balaban J connectivity index is 1.12. The van der Waals surface area contributed by atoms with Crippen molar-refractivity contribution < 1.29 is 9.59 Å². The Kier molecular flexibility index (Phi) is 8.04. The third-order valence-electron chi connectivity index (χ3n) is 7.44. The average molecular weight is 529 g/mol. The van der Waals surface area contributed by atoms with Crippen molar-refractivity contribution in [1.82, 2.24) is 34.8 Å². The van der Waals surface area contributed by atoms with Gasteiger partial charge in [-0.05, 0) is 36.7 Å². The van der Waals surface area contributed by atoms with Crippen molar-refractivity contribution in [3.8, 4) is 11.1 Å². The molecule has 0 spiro atoms. The number of anilines is 1. The summed E-state index contributed by atoms with van der Waals surface area (Å²) in [7, 11) is 3.99. The van der Waals surface area contributed by atoms with Crippen LogP contribution in [0, 0.1) is 0 Å². The highest BCUT2D eigenvalue weighted by molar-refractivity contribution is 5.99. The molecule has 5 rings (SSSR count). The molecule has 10 nitrogen and oxygen atoms in total. The molecule has 0 unspecified atom stereocenters. The van der Waals surface area contributed by atoms with Crippen LogP contribution in [0.2, 0.25) is 0 Å². The smallest absolute Gasteiger partial charge is 0.255 e. The predicted molar refractivity (Wildman–Crippen MR) is 152 cm³/mol. The van der Waals surface area contributed by atoms with Crippen molar-refractivity contribution in [2.45, 2.75) is 19.0 Å². The van der Waals surface area contributed by atoms with Gasteiger partial charge in [-0.1, -0.05) is 24.3 Å². The van der Waals surface area contributed by atoms with Gasteiger partial charge in [-0.15, -0.1) is 0 Å². The number of pyridine rings is 1. The number of hydrogen-bond acceptors (Lipinski definition) is 7. The van der Waals surface area contributed by atoms with Gasteiger partial charge in [0, 0.05) is 88.5 Å². The summed E-state index contributed by atoms with van der Waals surface area (Å²) in [4.78, 5) is 36.6. The first-order valence-electron chi connectivity index (χ1n) is 13.4. The Bertz CT molecular complexity index is 1340. The highest BCUT2D eigenvalue weighted by Gasteiger charge is 2.27. The molecule has 3 aromatic rings. The highest BCUT2D eigenvalue weighted by atomic mass is 16.2. The number of nitrogens with two attached hydrogens (primary N) is 1. The van der Waals surface area contributed by atoms with Crippen molar-refractivity contribution in [3.05, 3.63) is 71.7 Å². The molecule has 2 amide bonds. The van der Waals surface area contributed by atoms with E-state index in [0.717, 1.165) is 49.4 Å². The maximum absolute atomic E-state index is 13.0. The zero-order valence-corrected chi connectivity index (χ0v) is 22.6. The molecule has 2 saturated heterocycles. The van der Waals surface area contributed by atoms with Crippen LogP contribution < -0.4 is 11.1 Å². The van der Waals surface area contributed by atoms with Crippen LogP contribution in [0.1, 0.15) is 27.9 Å². The van der Waals surface area contributed by atoms with E-state index in [1.807, 2.05) is 19.3 Å². The number of amides is 2. The number of nitrogen functional groups attached to an aromatic ring is 1. The molecule has 4 heterocycles. The fraction of sp³-hybridized carbons (Fsp3) is 0.379. The minimum Gasteiger partial charge on any atom is -0.383 e. The van der Waals surface area contributed by atoms with E-state index < -0.39 is 0 Å². The second-order valence-electron chi connectivity index (χ2n) is 10.5. The number of aryl methyl sites for hydroxylation is 1. The molecule has 2 aliphatic rings. The van der Waals surface area contributed by atoms with Crippen LogP contribution >= 0.6 is 0 Å². The predicted octanol–water partition coefficient (Wildman–Crippen LogP) is 1.86. The summed E-state index contributed by atoms with van der Waals surface area (Å²) >= 11 is 0. The van der Waals surface area contributed by atoms with Crippen molar-refractivity contribution in [2.24, 2.45) is 7.05 Å². The first kappa shape index (κ1) is 26.6. The van der Waals surface area contributed by atoms with Crippen LogP contribution in [0.3, 0.4) is 0 Å². The van der Waals surface area contributed by atoms with Gasteiger partial charge in [-0.25, -0.2) is 4.98 Å². The zero-order chi connectivity index (χ0) is 27.4. The molecule has 1 aromatic carbocycles. The maximum atomic E-state index is 13.0. The second-order valence-corrected chi connectivity index (χ2v) is 10.5. The average Bonchev–Trinajstić information content (AvgIpc) is 3.59. The van der Waals surface area contributed by atoms with E-state index in [1.165, 1.54) is 5.56 Å². The van der Waals surface area contributed by atoms with Gasteiger partial charge in [0.25, 0.3) is 5.91 Å². The number of nitrogens with one attached hydrogen (secondary N) is 1. The molecule has 0 aliphatic carbocycles. The van der Waals surface area contributed by atoms with Gasteiger partial charge in [0.15, 0.2) is 0 Å². The Labute approximate surface area is 229 Å². The lowest BCUT2D eigenvalue weighted by Crippen LogP contribution is -2.43. The Hall–Kier alpha value is -4.02. The van der Waals surface area contributed by atoms with Crippen molar-refractivity contribution >= 4 is 23.7 Å². The quantitative estimate of drug-likeness (QED) is 0.450. The van der Waals surface area contributed by atoms with Crippen molar-refractivity contribution in [3.63, 3.8) is 0 Å². The van der Waals surface area contributed by atoms with E-state index >= 15 is 0 Å². The SMILES string of the molecule is CN1CCN(Cc2ccc(/C=C/C(=O)N3CC[C@@H](NC(=O)c4cc(-c5cnn(C)c5)cnc4N)C3)cc2)CC1. The molecule has 0 saturated carbocycles. The Morgan fingerprint density at radius 2 is 1.82 bits per heavy atom. The lowest BCUT2D eigenvalue weighted by Gasteiger charge is -2.32. The number of likely N-dealkylation sites (tertiary alicyclic amines) is 1. The van der Waals surface area contributed by atoms with Crippen LogP contribution in [0.15, 0.2) is 55.0 Å². The minimum atomic E-state index is -0.294. The summed E-state index contributed by atoms with van der Waals surface area (Å²) in [6.45, 7) is 6.38. The fourth-order valence-corrected chi connectivity index (χ4v) is 5.00. The Morgan fingerprint density at radius 1 is 1.05 bits per heavy atom. The minimum absolute atomic E-state index is 0.0620. The van der Waals surface area contributed by atoms with E-state index in [9.17, 15) is 9.59 Å². The van der Waals surface area contributed by atoms with E-state index in [4.69, 9.17) is 5.73 Å². The summed E-state index contributed by atoms with van der Waals surface area (Å²) < 4.78 is 1.69. The lowest BCUT2D eigenvalue weighted by atomic mass is 10.1. The first-order chi connectivity index (χ1) is 18.8. The van der Waals surface area contributed by atoms with Gasteiger partial charge < -0.3 is 20.9 Å². The normalized spacial score (nSPS) is 18.6. The maximum Gasteiger partial charge on any atom is 0.255 e. The fourth-order valence-electron chi connectivity index (χ4n) is 5.00. The van der Waals surface area contributed by atoms with E-state index in [-0.39, 0.29) is 23.7 Å². The number of hydrogen-bond donors (Lipinski definition) is 2. The molecular formula is C29H36N8O2. The van der Waals surface area contributed by atoms with Gasteiger partial charge in [0.05, 0.1) is 11.8 Å². The largest absolute Gasteiger partial charge is 0.383 e.